The van der Waals surface area contributed by atoms with Gasteiger partial charge in [-0.15, -0.1) is 4.40 Å². The summed E-state index contributed by atoms with van der Waals surface area (Å²) < 4.78 is 40.9. The molecule has 2 aliphatic heterocycles. The first-order valence-electron chi connectivity index (χ1n) is 11.0. The van der Waals surface area contributed by atoms with Gasteiger partial charge >= 0.3 is 10.2 Å². The topological polar surface area (TPSA) is 123 Å². The summed E-state index contributed by atoms with van der Waals surface area (Å²) >= 11 is 0. The number of nitrogens with one attached hydrogen (secondary N) is 1. The first kappa shape index (κ1) is 22.9. The summed E-state index contributed by atoms with van der Waals surface area (Å²) in [6.45, 7) is 4.28. The molecule has 0 bridgehead atoms. The molecule has 176 valence electrons. The molecule has 4 rings (SSSR count). The van der Waals surface area contributed by atoms with Gasteiger partial charge < -0.3 is 20.1 Å². The van der Waals surface area contributed by atoms with Gasteiger partial charge in [-0.25, -0.2) is 0 Å². The lowest BCUT2D eigenvalue weighted by Gasteiger charge is -2.33. The van der Waals surface area contributed by atoms with Crippen molar-refractivity contribution < 1.29 is 22.7 Å². The van der Waals surface area contributed by atoms with E-state index in [1.165, 1.54) is 0 Å². The van der Waals surface area contributed by atoms with Crippen LogP contribution in [-0.2, 0) is 21.4 Å². The molecule has 1 amide bonds. The van der Waals surface area contributed by atoms with E-state index in [9.17, 15) is 13.2 Å². The van der Waals surface area contributed by atoms with E-state index < -0.39 is 10.2 Å². The molecule has 33 heavy (non-hydrogen) atoms. The molecule has 1 atom stereocenters. The van der Waals surface area contributed by atoms with Crippen LogP contribution in [0.4, 0.5) is 5.69 Å². The molecular weight excluding hydrogens is 444 g/mol. The summed E-state index contributed by atoms with van der Waals surface area (Å²) in [7, 11) is -3.84. The molecule has 0 spiro atoms. The molecule has 2 aromatic rings. The summed E-state index contributed by atoms with van der Waals surface area (Å²) in [4.78, 5) is 14.7. The molecule has 1 unspecified atom stereocenters. The first-order chi connectivity index (χ1) is 15.8. The Bertz CT molecular complexity index is 1150. The summed E-state index contributed by atoms with van der Waals surface area (Å²) in [5.41, 5.74) is 7.62. The maximum Gasteiger partial charge on any atom is 0.344 e. The van der Waals surface area contributed by atoms with Crippen molar-refractivity contribution in [2.24, 2.45) is 16.0 Å². The number of fused-ring (bicyclic) bond motifs is 1. The number of anilines is 1. The molecule has 1 saturated heterocycles. The Labute approximate surface area is 193 Å². The van der Waals surface area contributed by atoms with Crippen LogP contribution in [0.5, 0.6) is 11.5 Å². The number of ether oxygens (including phenoxy) is 2. The summed E-state index contributed by atoms with van der Waals surface area (Å²) in [5.74, 6) is 1.42. The highest BCUT2D eigenvalue weighted by Gasteiger charge is 2.27. The fourth-order valence-corrected chi connectivity index (χ4v) is 4.97. The van der Waals surface area contributed by atoms with Crippen molar-refractivity contribution in [1.29, 1.82) is 0 Å². The average Bonchev–Trinajstić information content (AvgIpc) is 2.78. The molecule has 0 saturated carbocycles. The molecule has 1 fully saturated rings. The highest BCUT2D eigenvalue weighted by atomic mass is 32.2. The standard InChI is InChI=1S/C23H28N4O5S/c1-2-31-18-10-8-16(9-11-18)13-21(28)27-12-4-5-17(14-27)15-32-20-7-3-6-19-22(20)23(24)26-33(29,30)25-19/h3,6-11,17,25H,2,4-5,12-15H2,1H3,(H2,24,26). The van der Waals surface area contributed by atoms with E-state index in [-0.39, 0.29) is 17.7 Å². The fourth-order valence-electron chi connectivity index (χ4n) is 4.13. The number of hydrogen-bond donors (Lipinski definition) is 2. The van der Waals surface area contributed by atoms with Crippen molar-refractivity contribution in [3.05, 3.63) is 53.6 Å². The predicted octanol–water partition coefficient (Wildman–Crippen LogP) is 2.32. The number of rotatable bonds is 7. The SMILES string of the molecule is CCOc1ccc(CC(=O)N2CCCC(COc3cccc4c3C(N)=NS(=O)(=O)N4)C2)cc1. The zero-order valence-electron chi connectivity index (χ0n) is 18.5. The van der Waals surface area contributed by atoms with E-state index in [4.69, 9.17) is 15.2 Å². The van der Waals surface area contributed by atoms with E-state index in [0.717, 1.165) is 30.7 Å². The summed E-state index contributed by atoms with van der Waals surface area (Å²) in [5, 5.41) is 0. The van der Waals surface area contributed by atoms with Gasteiger partial charge in [-0.05, 0) is 49.6 Å². The number of piperidine rings is 1. The number of carbonyl (C=O) groups is 1. The number of benzene rings is 2. The summed E-state index contributed by atoms with van der Waals surface area (Å²) in [6, 6.07) is 12.7. The number of nitrogens with two attached hydrogens (primary N) is 1. The van der Waals surface area contributed by atoms with Crippen LogP contribution in [0.25, 0.3) is 0 Å². The Hall–Kier alpha value is -3.27. The van der Waals surface area contributed by atoms with Crippen molar-refractivity contribution in [3.63, 3.8) is 0 Å². The summed E-state index contributed by atoms with van der Waals surface area (Å²) in [6.07, 6.45) is 2.19. The van der Waals surface area contributed by atoms with Gasteiger partial charge in [0.2, 0.25) is 5.91 Å². The van der Waals surface area contributed by atoms with Gasteiger partial charge in [-0.1, -0.05) is 18.2 Å². The largest absolute Gasteiger partial charge is 0.494 e. The zero-order valence-corrected chi connectivity index (χ0v) is 19.3. The lowest BCUT2D eigenvalue weighted by Crippen LogP contribution is -2.42. The van der Waals surface area contributed by atoms with Gasteiger partial charge in [0.1, 0.15) is 11.5 Å². The predicted molar refractivity (Wildman–Crippen MR) is 126 cm³/mol. The second-order valence-corrected chi connectivity index (χ2v) is 9.48. The van der Waals surface area contributed by atoms with Gasteiger partial charge in [-0.3, -0.25) is 9.52 Å². The fraction of sp³-hybridized carbons (Fsp3) is 0.391. The van der Waals surface area contributed by atoms with E-state index >= 15 is 0 Å². The Balaban J connectivity index is 1.36. The van der Waals surface area contributed by atoms with Crippen LogP contribution in [0.1, 0.15) is 30.9 Å². The highest BCUT2D eigenvalue weighted by Crippen LogP contribution is 2.31. The lowest BCUT2D eigenvalue weighted by atomic mass is 9.98. The highest BCUT2D eigenvalue weighted by molar-refractivity contribution is 7.91. The minimum absolute atomic E-state index is 0.0896. The third kappa shape index (κ3) is 5.57. The molecule has 2 heterocycles. The van der Waals surface area contributed by atoms with E-state index in [1.54, 1.807) is 18.2 Å². The molecule has 3 N–H and O–H groups in total. The minimum Gasteiger partial charge on any atom is -0.494 e. The quantitative estimate of drug-likeness (QED) is 0.638. The van der Waals surface area contributed by atoms with Crippen molar-refractivity contribution >= 4 is 27.6 Å². The van der Waals surface area contributed by atoms with Crippen molar-refractivity contribution in [2.45, 2.75) is 26.2 Å². The van der Waals surface area contributed by atoms with Gasteiger partial charge in [0, 0.05) is 19.0 Å². The Kier molecular flexibility index (Phi) is 6.73. The second-order valence-electron chi connectivity index (χ2n) is 8.15. The van der Waals surface area contributed by atoms with Gasteiger partial charge in [0.25, 0.3) is 0 Å². The molecule has 9 nitrogen and oxygen atoms in total. The average molecular weight is 473 g/mol. The number of carbonyl (C=O) groups excluding carboxylic acids is 1. The number of amides is 1. The Morgan fingerprint density at radius 2 is 2.00 bits per heavy atom. The maximum absolute atomic E-state index is 12.8. The van der Waals surface area contributed by atoms with Crippen molar-refractivity contribution in [3.8, 4) is 11.5 Å². The molecule has 10 heteroatoms. The van der Waals surface area contributed by atoms with Crippen LogP contribution in [0, 0.1) is 5.92 Å². The van der Waals surface area contributed by atoms with Crippen LogP contribution in [0.15, 0.2) is 46.9 Å². The van der Waals surface area contributed by atoms with Crippen LogP contribution < -0.4 is 19.9 Å². The molecule has 2 aliphatic rings. The van der Waals surface area contributed by atoms with Crippen LogP contribution in [0.3, 0.4) is 0 Å². The molecular formula is C23H28N4O5S. The van der Waals surface area contributed by atoms with Gasteiger partial charge in [-0.2, -0.15) is 8.42 Å². The first-order valence-corrected chi connectivity index (χ1v) is 12.4. The van der Waals surface area contributed by atoms with Crippen molar-refractivity contribution in [2.75, 3.05) is 31.0 Å². The normalized spacial score (nSPS) is 19.1. The second kappa shape index (κ2) is 9.70. The monoisotopic (exact) mass is 472 g/mol. The van der Waals surface area contributed by atoms with E-state index in [1.807, 2.05) is 36.1 Å². The number of likely N-dealkylation sites (tertiary alicyclic amines) is 1. The number of nitrogens with zero attached hydrogens (tertiary/aromatic N) is 2. The lowest BCUT2D eigenvalue weighted by molar-refractivity contribution is -0.132. The Morgan fingerprint density at radius 3 is 2.76 bits per heavy atom. The minimum atomic E-state index is -3.84. The molecule has 2 aromatic carbocycles. The Morgan fingerprint density at radius 1 is 1.21 bits per heavy atom. The van der Waals surface area contributed by atoms with Crippen LogP contribution in [-0.4, -0.2) is 51.4 Å². The smallest absolute Gasteiger partial charge is 0.344 e. The maximum atomic E-state index is 12.8. The molecule has 0 aromatic heterocycles. The zero-order chi connectivity index (χ0) is 23.4. The van der Waals surface area contributed by atoms with Crippen LogP contribution in [0.2, 0.25) is 0 Å². The van der Waals surface area contributed by atoms with Gasteiger partial charge in [0.05, 0.1) is 30.9 Å². The third-order valence-corrected chi connectivity index (χ3v) is 6.59. The van der Waals surface area contributed by atoms with Crippen LogP contribution >= 0.6 is 0 Å². The number of amidine groups is 1. The third-order valence-electron chi connectivity index (χ3n) is 5.68. The van der Waals surface area contributed by atoms with E-state index in [0.29, 0.717) is 43.2 Å². The molecule has 0 radical (unpaired) electrons. The van der Waals surface area contributed by atoms with Gasteiger partial charge in [0.15, 0.2) is 5.84 Å². The molecule has 0 aliphatic carbocycles. The van der Waals surface area contributed by atoms with E-state index in [2.05, 4.69) is 9.12 Å². The number of hydrogen-bond acceptors (Lipinski definition) is 6. The van der Waals surface area contributed by atoms with Crippen molar-refractivity contribution in [1.82, 2.24) is 4.90 Å².